The van der Waals surface area contributed by atoms with E-state index in [0.29, 0.717) is 5.82 Å². The second-order valence-electron chi connectivity index (χ2n) is 7.83. The molecule has 12 heteroatoms. The molecule has 0 unspecified atom stereocenters. The zero-order valence-corrected chi connectivity index (χ0v) is 19.7. The van der Waals surface area contributed by atoms with Gasteiger partial charge in [0.25, 0.3) is 0 Å². The van der Waals surface area contributed by atoms with Crippen molar-refractivity contribution in [3.63, 3.8) is 0 Å². The number of benzene rings is 2. The zero-order valence-electron chi connectivity index (χ0n) is 18.9. The molecular formula is C22H24N11S+. The van der Waals surface area contributed by atoms with Crippen LogP contribution in [0.5, 0.6) is 0 Å². The van der Waals surface area contributed by atoms with Gasteiger partial charge in [0.05, 0.1) is 5.69 Å². The lowest BCUT2D eigenvalue weighted by atomic mass is 10.0. The Bertz CT molecular complexity index is 1330. The summed E-state index contributed by atoms with van der Waals surface area (Å²) in [5.74, 6) is 0.583. The summed E-state index contributed by atoms with van der Waals surface area (Å²) in [5, 5.41) is 29.5. The number of rotatable bonds is 9. The van der Waals surface area contributed by atoms with Crippen LogP contribution in [0.25, 0.3) is 27.5 Å². The number of hydrogen-bond donors (Lipinski definition) is 2. The summed E-state index contributed by atoms with van der Waals surface area (Å²) >= 11 is 1.60. The molecule has 172 valence electrons. The van der Waals surface area contributed by atoms with E-state index in [9.17, 15) is 0 Å². The quantitative estimate of drug-likeness (QED) is 0.312. The first kappa shape index (κ1) is 21.8. The molecule has 2 N–H and O–H groups in total. The van der Waals surface area contributed by atoms with Crippen molar-refractivity contribution in [3.8, 4) is 27.5 Å². The highest BCUT2D eigenvalue weighted by atomic mass is 32.1. The van der Waals surface area contributed by atoms with Crippen molar-refractivity contribution in [2.75, 3.05) is 11.4 Å². The fourth-order valence-corrected chi connectivity index (χ4v) is 4.75. The van der Waals surface area contributed by atoms with Crippen LogP contribution in [0.4, 0.5) is 5.13 Å². The van der Waals surface area contributed by atoms with E-state index >= 15 is 0 Å². The predicted octanol–water partition coefficient (Wildman–Crippen LogP) is 2.90. The molecule has 11 nitrogen and oxygen atoms in total. The molecule has 0 saturated heterocycles. The van der Waals surface area contributed by atoms with E-state index in [0.717, 1.165) is 58.4 Å². The molecule has 2 aromatic carbocycles. The number of unbranched alkanes of at least 4 members (excludes halogenated alkanes) is 1. The number of aromatic amines is 2. The van der Waals surface area contributed by atoms with Gasteiger partial charge in [0.15, 0.2) is 10.8 Å². The van der Waals surface area contributed by atoms with Gasteiger partial charge in [-0.2, -0.15) is 5.21 Å². The smallest absolute Gasteiger partial charge is 0.231 e. The van der Waals surface area contributed by atoms with E-state index in [-0.39, 0.29) is 0 Å². The first-order valence-electron chi connectivity index (χ1n) is 11.0. The van der Waals surface area contributed by atoms with E-state index in [2.05, 4.69) is 83.6 Å². The van der Waals surface area contributed by atoms with Crippen LogP contribution in [-0.4, -0.2) is 53.0 Å². The van der Waals surface area contributed by atoms with Crippen LogP contribution in [0.3, 0.4) is 0 Å². The average Bonchev–Trinajstić information content (AvgIpc) is 3.64. The molecular weight excluding hydrogens is 450 g/mol. The van der Waals surface area contributed by atoms with Gasteiger partial charge in [-0.05, 0) is 45.8 Å². The van der Waals surface area contributed by atoms with Gasteiger partial charge >= 0.3 is 0 Å². The fourth-order valence-electron chi connectivity index (χ4n) is 3.73. The van der Waals surface area contributed by atoms with Gasteiger partial charge in [-0.1, -0.05) is 67.1 Å². The maximum Gasteiger partial charge on any atom is 0.231 e. The van der Waals surface area contributed by atoms with Crippen molar-refractivity contribution in [3.05, 3.63) is 59.8 Å². The van der Waals surface area contributed by atoms with Gasteiger partial charge in [-0.15, -0.1) is 10.2 Å². The maximum absolute atomic E-state index is 4.82. The van der Waals surface area contributed by atoms with Crippen molar-refractivity contribution < 1.29 is 4.80 Å². The highest BCUT2D eigenvalue weighted by Crippen LogP contribution is 2.33. The molecule has 34 heavy (non-hydrogen) atoms. The number of para-hydroxylation sites is 1. The van der Waals surface area contributed by atoms with Gasteiger partial charge in [-0.25, -0.2) is 4.98 Å². The fraction of sp³-hybridized carbons (Fsp3) is 0.273. The first-order chi connectivity index (χ1) is 16.7. The molecule has 0 aliphatic rings. The van der Waals surface area contributed by atoms with Crippen LogP contribution >= 0.6 is 11.3 Å². The molecule has 0 atom stereocenters. The van der Waals surface area contributed by atoms with Gasteiger partial charge < -0.3 is 4.90 Å². The van der Waals surface area contributed by atoms with Crippen molar-refractivity contribution >= 4 is 16.5 Å². The number of nitrogens with zero attached hydrogens (tertiary/aromatic N) is 9. The molecule has 0 radical (unpaired) electrons. The molecule has 0 aliphatic heterocycles. The van der Waals surface area contributed by atoms with Gasteiger partial charge in [-0.3, -0.25) is 0 Å². The van der Waals surface area contributed by atoms with Crippen LogP contribution in [0.15, 0.2) is 48.5 Å². The second-order valence-corrected chi connectivity index (χ2v) is 8.80. The standard InChI is InChI=1S/C22H23N11S/c1-3-4-13-32(22-23-15(2)20(34-22)21-24-26-27-25-21)14-16-9-11-17(12-10-16)18-7-5-6-8-19(18)33-30-28-29-31-33/h5-12H,3-4,13-14H2,1-2H3,(H,24,25,26,27)/p+1. The lowest BCUT2D eigenvalue weighted by molar-refractivity contribution is -0.719. The Morgan fingerprint density at radius 1 is 1.06 bits per heavy atom. The molecule has 5 rings (SSSR count). The highest BCUT2D eigenvalue weighted by molar-refractivity contribution is 7.19. The number of aromatic nitrogens is 10. The lowest BCUT2D eigenvalue weighted by Crippen LogP contribution is -2.36. The summed E-state index contributed by atoms with van der Waals surface area (Å²) in [6.07, 6.45) is 2.20. The van der Waals surface area contributed by atoms with Crippen molar-refractivity contribution in [2.24, 2.45) is 0 Å². The number of aryl methyl sites for hydroxylation is 1. The Kier molecular flexibility index (Phi) is 6.29. The van der Waals surface area contributed by atoms with E-state index in [1.54, 1.807) is 16.1 Å². The van der Waals surface area contributed by atoms with Crippen molar-refractivity contribution in [1.82, 2.24) is 46.5 Å². The lowest BCUT2D eigenvalue weighted by Gasteiger charge is -2.22. The van der Waals surface area contributed by atoms with E-state index in [1.165, 1.54) is 5.56 Å². The third-order valence-corrected chi connectivity index (χ3v) is 6.68. The van der Waals surface area contributed by atoms with E-state index in [4.69, 9.17) is 4.98 Å². The highest BCUT2D eigenvalue weighted by Gasteiger charge is 2.18. The number of thiazole rings is 1. The molecule has 0 spiro atoms. The second kappa shape index (κ2) is 9.83. The number of H-pyrrole nitrogens is 2. The van der Waals surface area contributed by atoms with Crippen LogP contribution in [0.2, 0.25) is 0 Å². The molecule has 0 amide bonds. The van der Waals surface area contributed by atoms with Crippen LogP contribution in [0.1, 0.15) is 31.0 Å². The molecule has 5 aromatic rings. The van der Waals surface area contributed by atoms with Gasteiger partial charge in [0, 0.05) is 18.7 Å². The third kappa shape index (κ3) is 4.53. The Morgan fingerprint density at radius 2 is 1.91 bits per heavy atom. The normalized spacial score (nSPS) is 11.1. The van der Waals surface area contributed by atoms with Crippen LogP contribution in [0, 0.1) is 6.92 Å². The number of tetrazole rings is 1. The zero-order chi connectivity index (χ0) is 23.3. The third-order valence-electron chi connectivity index (χ3n) is 5.47. The Labute approximate surface area is 199 Å². The Morgan fingerprint density at radius 3 is 2.65 bits per heavy atom. The predicted molar refractivity (Wildman–Crippen MR) is 127 cm³/mol. The average molecular weight is 475 g/mol. The molecule has 0 saturated carbocycles. The Balaban J connectivity index is 1.39. The molecule has 3 aromatic heterocycles. The maximum atomic E-state index is 4.82. The van der Waals surface area contributed by atoms with E-state index < -0.39 is 0 Å². The number of nitrogens with one attached hydrogen (secondary N) is 2. The largest absolute Gasteiger partial charge is 0.344 e. The molecule has 0 fully saturated rings. The Hall–Kier alpha value is -4.06. The summed E-state index contributed by atoms with van der Waals surface area (Å²) < 4.78 is 0. The molecule has 0 bridgehead atoms. The summed E-state index contributed by atoms with van der Waals surface area (Å²) in [4.78, 5) is 9.64. The van der Waals surface area contributed by atoms with Crippen LogP contribution < -0.4 is 9.70 Å². The SMILES string of the molecule is CCCCN(Cc1ccc(-c2ccccc2-[n+]2nnn[nH]2)cc1)c1nc(C)c(-c2nn[nH]n2)s1. The van der Waals surface area contributed by atoms with Crippen molar-refractivity contribution in [2.45, 2.75) is 33.2 Å². The monoisotopic (exact) mass is 474 g/mol. The summed E-state index contributed by atoms with van der Waals surface area (Å²) in [7, 11) is 0. The number of anilines is 1. The summed E-state index contributed by atoms with van der Waals surface area (Å²) in [5.41, 5.74) is 5.14. The minimum absolute atomic E-state index is 0.583. The van der Waals surface area contributed by atoms with Gasteiger partial charge in [0.2, 0.25) is 16.3 Å². The summed E-state index contributed by atoms with van der Waals surface area (Å²) in [6.45, 7) is 5.87. The van der Waals surface area contributed by atoms with Crippen LogP contribution in [-0.2, 0) is 6.54 Å². The number of hydrogen-bond acceptors (Lipinski definition) is 9. The van der Waals surface area contributed by atoms with Gasteiger partial charge in [0.1, 0.15) is 10.1 Å². The summed E-state index contributed by atoms with van der Waals surface area (Å²) in [6, 6.07) is 16.6. The molecule has 3 heterocycles. The molecule has 0 aliphatic carbocycles. The first-order valence-corrected chi connectivity index (χ1v) is 11.9. The minimum Gasteiger partial charge on any atom is -0.344 e. The van der Waals surface area contributed by atoms with E-state index in [1.807, 2.05) is 25.1 Å². The minimum atomic E-state index is 0.583. The topological polar surface area (TPSA) is 129 Å². The van der Waals surface area contributed by atoms with Crippen molar-refractivity contribution in [1.29, 1.82) is 0 Å².